The van der Waals surface area contributed by atoms with Crippen LogP contribution in [0.4, 0.5) is 0 Å². The number of aromatic hydroxyl groups is 4. The third kappa shape index (κ3) is 4.45. The minimum Gasteiger partial charge on any atom is -0.508 e. The number of rotatable bonds is 4. The second-order valence-electron chi connectivity index (χ2n) is 6.73. The molecule has 0 radical (unpaired) electrons. The maximum absolute atomic E-state index is 12.6. The second kappa shape index (κ2) is 8.17. The van der Waals surface area contributed by atoms with Crippen molar-refractivity contribution in [3.05, 3.63) is 42.0 Å². The van der Waals surface area contributed by atoms with E-state index in [1.165, 1.54) is 17.0 Å². The fourth-order valence-corrected chi connectivity index (χ4v) is 3.08. The van der Waals surface area contributed by atoms with E-state index in [0.717, 1.165) is 12.1 Å². The summed E-state index contributed by atoms with van der Waals surface area (Å²) in [5.41, 5.74) is 0.0432. The molecular formula is C20H22N2O7. The first kappa shape index (κ1) is 20.1. The van der Waals surface area contributed by atoms with Gasteiger partial charge in [0.05, 0.1) is 0 Å². The smallest absolute Gasteiger partial charge is 0.263 e. The highest BCUT2D eigenvalue weighted by Crippen LogP contribution is 2.35. The molecule has 2 aromatic carbocycles. The van der Waals surface area contributed by atoms with Gasteiger partial charge in [-0.3, -0.25) is 9.59 Å². The van der Waals surface area contributed by atoms with Gasteiger partial charge in [-0.25, -0.2) is 0 Å². The van der Waals surface area contributed by atoms with Crippen LogP contribution in [-0.4, -0.2) is 74.3 Å². The molecule has 0 aromatic heterocycles. The molecule has 2 amide bonds. The molecule has 0 saturated carbocycles. The maximum Gasteiger partial charge on any atom is 0.263 e. The number of hydrogen-bond acceptors (Lipinski definition) is 7. The van der Waals surface area contributed by atoms with Gasteiger partial charge in [0.25, 0.3) is 11.8 Å². The first-order chi connectivity index (χ1) is 13.8. The van der Waals surface area contributed by atoms with Gasteiger partial charge in [0.2, 0.25) is 0 Å². The van der Waals surface area contributed by atoms with E-state index in [1.807, 2.05) is 0 Å². The Labute approximate surface area is 167 Å². The van der Waals surface area contributed by atoms with Gasteiger partial charge in [-0.1, -0.05) is 0 Å². The Kier molecular flexibility index (Phi) is 5.67. The molecule has 1 saturated heterocycles. The Morgan fingerprint density at radius 1 is 0.897 bits per heavy atom. The Hall–Kier alpha value is -3.62. The molecule has 0 aliphatic carbocycles. The number of phenolic OH excluding ortho intramolecular Hbond substituents is 4. The monoisotopic (exact) mass is 402 g/mol. The zero-order valence-corrected chi connectivity index (χ0v) is 15.8. The summed E-state index contributed by atoms with van der Waals surface area (Å²) in [6, 6.07) is 8.24. The molecule has 1 aliphatic heterocycles. The van der Waals surface area contributed by atoms with Crippen molar-refractivity contribution < 1.29 is 34.8 Å². The van der Waals surface area contributed by atoms with Crippen LogP contribution in [-0.2, 0) is 4.79 Å². The molecule has 1 unspecified atom stereocenters. The van der Waals surface area contributed by atoms with Gasteiger partial charge < -0.3 is 35.0 Å². The van der Waals surface area contributed by atoms with Crippen LogP contribution in [0.5, 0.6) is 28.7 Å². The number of ether oxygens (including phenoxy) is 1. The number of phenols is 4. The topological polar surface area (TPSA) is 131 Å². The Bertz CT molecular complexity index is 883. The summed E-state index contributed by atoms with van der Waals surface area (Å²) in [6.45, 7) is 2.81. The van der Waals surface area contributed by atoms with E-state index in [-0.39, 0.29) is 30.3 Å². The van der Waals surface area contributed by atoms with E-state index in [0.29, 0.717) is 18.8 Å². The molecular weight excluding hydrogens is 380 g/mol. The lowest BCUT2D eigenvalue weighted by atomic mass is 10.1. The largest absolute Gasteiger partial charge is 0.508 e. The summed E-state index contributed by atoms with van der Waals surface area (Å²) in [7, 11) is 0. The Morgan fingerprint density at radius 2 is 1.41 bits per heavy atom. The van der Waals surface area contributed by atoms with E-state index in [4.69, 9.17) is 4.74 Å². The highest BCUT2D eigenvalue weighted by Gasteiger charge is 2.29. The summed E-state index contributed by atoms with van der Waals surface area (Å²) >= 11 is 0. The summed E-state index contributed by atoms with van der Waals surface area (Å²) in [6.07, 6.45) is -0.729. The minimum absolute atomic E-state index is 0.0432. The number of carbonyl (C=O) groups is 2. The predicted octanol–water partition coefficient (Wildman–Crippen LogP) is 1.26. The van der Waals surface area contributed by atoms with Gasteiger partial charge in [0.15, 0.2) is 23.4 Å². The lowest BCUT2D eigenvalue weighted by Crippen LogP contribution is -2.53. The fourth-order valence-electron chi connectivity index (χ4n) is 3.08. The number of carbonyl (C=O) groups excluding carboxylic acids is 2. The van der Waals surface area contributed by atoms with Crippen LogP contribution in [0.25, 0.3) is 0 Å². The lowest BCUT2D eigenvalue weighted by molar-refractivity contribution is -0.139. The van der Waals surface area contributed by atoms with Crippen LogP contribution in [0.3, 0.4) is 0 Å². The quantitative estimate of drug-likeness (QED) is 0.566. The molecule has 9 heteroatoms. The summed E-state index contributed by atoms with van der Waals surface area (Å²) in [5, 5.41) is 37.9. The van der Waals surface area contributed by atoms with Crippen LogP contribution in [0.15, 0.2) is 36.4 Å². The van der Waals surface area contributed by atoms with Gasteiger partial charge in [-0.05, 0) is 43.3 Å². The average Bonchev–Trinajstić information content (AvgIpc) is 2.72. The standard InChI is InChI=1S/C20H22N2O7/c1-12(29-15-4-2-14(23)3-5-15)19(27)21-6-8-22(9-7-21)20(28)13-10-16(24)18(26)17(25)11-13/h2-5,10-12,23-26H,6-9H2,1H3. The van der Waals surface area contributed by atoms with E-state index in [9.17, 15) is 30.0 Å². The molecule has 0 spiro atoms. The number of nitrogens with zero attached hydrogens (tertiary/aromatic N) is 2. The molecule has 1 fully saturated rings. The third-order valence-electron chi connectivity index (χ3n) is 4.69. The number of hydrogen-bond donors (Lipinski definition) is 4. The van der Waals surface area contributed by atoms with Crippen molar-refractivity contribution in [1.29, 1.82) is 0 Å². The van der Waals surface area contributed by atoms with Crippen molar-refractivity contribution in [2.45, 2.75) is 13.0 Å². The molecule has 29 heavy (non-hydrogen) atoms. The fraction of sp³-hybridized carbons (Fsp3) is 0.300. The van der Waals surface area contributed by atoms with Crippen LogP contribution in [0.2, 0.25) is 0 Å². The number of piperazine rings is 1. The molecule has 0 bridgehead atoms. The van der Waals surface area contributed by atoms with Gasteiger partial charge in [-0.15, -0.1) is 0 Å². The van der Waals surface area contributed by atoms with E-state index < -0.39 is 29.3 Å². The van der Waals surface area contributed by atoms with Gasteiger partial charge in [0, 0.05) is 31.7 Å². The lowest BCUT2D eigenvalue weighted by Gasteiger charge is -2.36. The van der Waals surface area contributed by atoms with Crippen LogP contribution in [0, 0.1) is 0 Å². The van der Waals surface area contributed by atoms with Gasteiger partial charge in [0.1, 0.15) is 11.5 Å². The van der Waals surface area contributed by atoms with Gasteiger partial charge >= 0.3 is 0 Å². The van der Waals surface area contributed by atoms with Crippen molar-refractivity contribution in [3.8, 4) is 28.7 Å². The maximum atomic E-state index is 12.6. The van der Waals surface area contributed by atoms with Crippen molar-refractivity contribution in [3.63, 3.8) is 0 Å². The summed E-state index contributed by atoms with van der Waals surface area (Å²) in [4.78, 5) is 28.3. The summed E-state index contributed by atoms with van der Waals surface area (Å²) in [5.74, 6) is -1.91. The first-order valence-electron chi connectivity index (χ1n) is 9.05. The van der Waals surface area contributed by atoms with Crippen molar-refractivity contribution >= 4 is 11.8 Å². The molecule has 3 rings (SSSR count). The van der Waals surface area contributed by atoms with Crippen LogP contribution < -0.4 is 4.74 Å². The second-order valence-corrected chi connectivity index (χ2v) is 6.73. The average molecular weight is 402 g/mol. The third-order valence-corrected chi connectivity index (χ3v) is 4.69. The molecule has 1 atom stereocenters. The zero-order chi connectivity index (χ0) is 21.1. The normalized spacial score (nSPS) is 15.1. The predicted molar refractivity (Wildman–Crippen MR) is 102 cm³/mol. The van der Waals surface area contributed by atoms with Gasteiger partial charge in [-0.2, -0.15) is 0 Å². The molecule has 9 nitrogen and oxygen atoms in total. The highest BCUT2D eigenvalue weighted by atomic mass is 16.5. The van der Waals surface area contributed by atoms with E-state index >= 15 is 0 Å². The molecule has 1 aliphatic rings. The van der Waals surface area contributed by atoms with E-state index in [2.05, 4.69) is 0 Å². The van der Waals surface area contributed by atoms with Crippen LogP contribution >= 0.6 is 0 Å². The molecule has 154 valence electrons. The molecule has 1 heterocycles. The Balaban J connectivity index is 1.57. The first-order valence-corrected chi connectivity index (χ1v) is 9.05. The highest BCUT2D eigenvalue weighted by molar-refractivity contribution is 5.95. The molecule has 4 N–H and O–H groups in total. The Morgan fingerprint density at radius 3 is 1.97 bits per heavy atom. The number of benzene rings is 2. The number of amides is 2. The van der Waals surface area contributed by atoms with Crippen molar-refractivity contribution in [1.82, 2.24) is 9.80 Å². The zero-order valence-electron chi connectivity index (χ0n) is 15.8. The summed E-state index contributed by atoms with van der Waals surface area (Å²) < 4.78 is 5.60. The van der Waals surface area contributed by atoms with Crippen molar-refractivity contribution in [2.75, 3.05) is 26.2 Å². The molecule has 2 aromatic rings. The van der Waals surface area contributed by atoms with E-state index in [1.54, 1.807) is 24.0 Å². The van der Waals surface area contributed by atoms with Crippen LogP contribution in [0.1, 0.15) is 17.3 Å². The SMILES string of the molecule is CC(Oc1ccc(O)cc1)C(=O)N1CCN(C(=O)c2cc(O)c(O)c(O)c2)CC1. The van der Waals surface area contributed by atoms with Crippen molar-refractivity contribution in [2.24, 2.45) is 0 Å². The minimum atomic E-state index is -0.729.